The van der Waals surface area contributed by atoms with Gasteiger partial charge in [0.15, 0.2) is 0 Å². The quantitative estimate of drug-likeness (QED) is 0.587. The van der Waals surface area contributed by atoms with Crippen molar-refractivity contribution < 1.29 is 9.31 Å². The average Bonchev–Trinajstić information content (AvgIpc) is 2.65. The van der Waals surface area contributed by atoms with Crippen LogP contribution in [0.2, 0.25) is 14.8 Å². The third kappa shape index (κ3) is 4.25. The van der Waals surface area contributed by atoms with Gasteiger partial charge in [0, 0.05) is 0 Å². The van der Waals surface area contributed by atoms with Crippen LogP contribution in [0.25, 0.3) is 0 Å². The van der Waals surface area contributed by atoms with Crippen LogP contribution in [-0.2, 0) is 22.2 Å². The Morgan fingerprint density at radius 3 is 1.84 bits per heavy atom. The Bertz CT molecular complexity index is 710. The van der Waals surface area contributed by atoms with E-state index in [1.165, 1.54) is 22.3 Å². The Kier molecular flexibility index (Phi) is 5.06. The summed E-state index contributed by atoms with van der Waals surface area (Å²) < 4.78 is 15.1. The van der Waals surface area contributed by atoms with Gasteiger partial charge >= 0.3 is 158 Å². The Labute approximate surface area is 157 Å². The summed E-state index contributed by atoms with van der Waals surface area (Å²) in [4.78, 5) is 7.40. The number of rotatable bonds is 2. The van der Waals surface area contributed by atoms with Crippen molar-refractivity contribution in [2.24, 2.45) is 0 Å². The van der Waals surface area contributed by atoms with Crippen molar-refractivity contribution in [3.63, 3.8) is 0 Å². The van der Waals surface area contributed by atoms with E-state index in [1.807, 2.05) is 0 Å². The maximum atomic E-state index is 6.22. The summed E-state index contributed by atoms with van der Waals surface area (Å²) in [5.74, 6) is 2.23. The Morgan fingerprint density at radius 2 is 1.36 bits per heavy atom. The molecule has 0 amide bonds. The third-order valence-corrected chi connectivity index (χ3v) is 8.97. The third-order valence-electron chi connectivity index (χ3n) is 5.51. The van der Waals surface area contributed by atoms with Gasteiger partial charge in [0.1, 0.15) is 0 Å². The first-order valence-corrected chi connectivity index (χ1v) is 19.5. The van der Waals surface area contributed by atoms with Crippen molar-refractivity contribution >= 4 is 25.5 Å². The summed E-state index contributed by atoms with van der Waals surface area (Å²) >= 11 is -2.05. The van der Waals surface area contributed by atoms with Crippen LogP contribution in [0.1, 0.15) is 38.8 Å². The van der Waals surface area contributed by atoms with Gasteiger partial charge in [-0.2, -0.15) is 0 Å². The number of hydrogen-bond donors (Lipinski definition) is 0. The monoisotopic (exact) mass is 446 g/mol. The molecule has 25 heavy (non-hydrogen) atoms. The molecule has 0 unspecified atom stereocenters. The normalized spacial score (nSPS) is 25.5. The molecule has 2 aliphatic rings. The first kappa shape index (κ1) is 19.3. The van der Waals surface area contributed by atoms with Gasteiger partial charge < -0.3 is 0 Å². The number of allylic oxidation sites excluding steroid dienone is 2. The predicted octanol–water partition coefficient (Wildman–Crippen LogP) is 5.15. The molecule has 0 bridgehead atoms. The molecule has 0 saturated carbocycles. The molecule has 0 atom stereocenters. The topological polar surface area (TPSA) is 18.5 Å². The summed E-state index contributed by atoms with van der Waals surface area (Å²) in [5.41, 5.74) is 5.23. The second kappa shape index (κ2) is 6.58. The van der Waals surface area contributed by atoms with Gasteiger partial charge in [0.05, 0.1) is 0 Å². The van der Waals surface area contributed by atoms with Crippen molar-refractivity contribution in [1.82, 2.24) is 0 Å². The second-order valence-electron chi connectivity index (χ2n) is 9.47. The molecular formula is C21H31BO2Sn. The molecule has 0 spiro atoms. The van der Waals surface area contributed by atoms with E-state index in [0.717, 1.165) is 12.8 Å². The Hall–Kier alpha value is -0.516. The van der Waals surface area contributed by atoms with E-state index in [4.69, 9.17) is 9.31 Å². The van der Waals surface area contributed by atoms with Crippen LogP contribution in [0.3, 0.4) is 0 Å². The van der Waals surface area contributed by atoms with Crippen LogP contribution in [0, 0.1) is 0 Å². The summed E-state index contributed by atoms with van der Waals surface area (Å²) in [6, 6.07) is 8.82. The van der Waals surface area contributed by atoms with E-state index in [2.05, 4.69) is 76.8 Å². The molecule has 1 saturated heterocycles. The standard InChI is InChI=1S/C18H22BO2.3CH3.Sn/c1-13-10-14-8-6-7-9-15(14)11-16(13)12-19-20-17(2,3)18(4,5)21-19;;;;/h1,6-9,12H,10-11H2,2-5H3;3*1H3;/b13-1?,16-12+;;;;. The van der Waals surface area contributed by atoms with Crippen LogP contribution < -0.4 is 0 Å². The maximum absolute atomic E-state index is 6.22. The van der Waals surface area contributed by atoms with Gasteiger partial charge in [-0.3, -0.25) is 0 Å². The summed E-state index contributed by atoms with van der Waals surface area (Å²) in [5, 5.41) is 0. The molecule has 0 aromatic heterocycles. The van der Waals surface area contributed by atoms with Crippen LogP contribution in [-0.4, -0.2) is 36.7 Å². The fraction of sp³-hybridized carbons (Fsp3) is 0.524. The zero-order chi connectivity index (χ0) is 18.5. The molecule has 4 heteroatoms. The molecule has 0 N–H and O–H groups in total. The van der Waals surface area contributed by atoms with Crippen molar-refractivity contribution in [3.8, 4) is 0 Å². The van der Waals surface area contributed by atoms with Gasteiger partial charge in [-0.15, -0.1) is 0 Å². The molecule has 0 radical (unpaired) electrons. The van der Waals surface area contributed by atoms with Crippen molar-refractivity contribution in [1.29, 1.82) is 0 Å². The van der Waals surface area contributed by atoms with Crippen molar-refractivity contribution in [2.45, 2.75) is 66.6 Å². The first-order valence-electron chi connectivity index (χ1n) is 9.32. The number of hydrogen-bond acceptors (Lipinski definition) is 2. The number of fused-ring (bicyclic) bond motifs is 1. The Balaban J connectivity index is 1.96. The molecule has 3 rings (SSSR count). The molecular weight excluding hydrogens is 414 g/mol. The predicted molar refractivity (Wildman–Crippen MR) is 109 cm³/mol. The molecule has 1 fully saturated rings. The van der Waals surface area contributed by atoms with E-state index < -0.39 is 18.4 Å². The zero-order valence-corrected chi connectivity index (χ0v) is 19.6. The minimum absolute atomic E-state index is 0.260. The van der Waals surface area contributed by atoms with E-state index in [0.29, 0.717) is 0 Å². The Morgan fingerprint density at radius 1 is 0.880 bits per heavy atom. The van der Waals surface area contributed by atoms with Crippen molar-refractivity contribution in [3.05, 3.63) is 56.6 Å². The zero-order valence-electron chi connectivity index (χ0n) is 16.8. The van der Waals surface area contributed by atoms with E-state index in [9.17, 15) is 0 Å². The fourth-order valence-corrected chi connectivity index (χ4v) is 7.30. The van der Waals surface area contributed by atoms with Crippen LogP contribution in [0.5, 0.6) is 0 Å². The SMILES string of the molecule is CC1(C)OB(/C=C2\Cc3ccccc3C\C2=[CH]\[Sn]([CH3])([CH3])[CH3])OC1(C)C. The van der Waals surface area contributed by atoms with Gasteiger partial charge in [0.2, 0.25) is 0 Å². The molecule has 134 valence electrons. The summed E-state index contributed by atoms with van der Waals surface area (Å²) in [6.07, 6.45) is 2.02. The van der Waals surface area contributed by atoms with E-state index in [1.54, 1.807) is 0 Å². The van der Waals surface area contributed by atoms with Gasteiger partial charge in [-0.1, -0.05) is 0 Å². The molecule has 1 aromatic rings. The fourth-order valence-electron chi connectivity index (χ4n) is 3.49. The van der Waals surface area contributed by atoms with E-state index in [-0.39, 0.29) is 18.3 Å². The second-order valence-corrected chi connectivity index (χ2v) is 23.8. The van der Waals surface area contributed by atoms with Gasteiger partial charge in [0.25, 0.3) is 0 Å². The summed E-state index contributed by atoms with van der Waals surface area (Å²) in [7, 11) is -0.260. The van der Waals surface area contributed by atoms with Crippen molar-refractivity contribution in [2.75, 3.05) is 0 Å². The van der Waals surface area contributed by atoms with Gasteiger partial charge in [-0.05, 0) is 0 Å². The van der Waals surface area contributed by atoms with Crippen LogP contribution in [0.4, 0.5) is 0 Å². The number of benzene rings is 1. The molecule has 1 aromatic carbocycles. The average molecular weight is 445 g/mol. The minimum atomic E-state index is -2.05. The van der Waals surface area contributed by atoms with Crippen LogP contribution >= 0.6 is 0 Å². The molecule has 1 heterocycles. The van der Waals surface area contributed by atoms with Crippen LogP contribution in [0.15, 0.2) is 45.5 Å². The first-order chi connectivity index (χ1) is 11.5. The molecule has 1 aliphatic carbocycles. The van der Waals surface area contributed by atoms with E-state index >= 15 is 0 Å². The van der Waals surface area contributed by atoms with Gasteiger partial charge in [-0.25, -0.2) is 0 Å². The molecule has 1 aliphatic heterocycles. The molecule has 2 nitrogen and oxygen atoms in total. The summed E-state index contributed by atoms with van der Waals surface area (Å²) in [6.45, 7) is 8.46.